The lowest BCUT2D eigenvalue weighted by atomic mass is 9.84. The SMILES string of the molecule is CCCCCCCCCCCCCCCCCCCCCC(=O)O[C@H](COCCCCCCCCCCCCCCCCCC)COP(=O)(O)O[C@H]1[C@@H](O)[C@H](O)[C@@H](O)[C@H](O[C@H]2O[C@H](CO)[C@@H](O[C@H]3O[C@H](CO[C@H]4O[C@H](COP(=O)(O)OCCN)[C@@H](O)[C@H](O)[C@@H]4O[C@H]4O[C@H](COP(=O)(O)OCCNC(=O)[C@H](C)N)[C@@H](O)[C@H](O)[C@@H]4O)[C@@H](O)[C@H](O)[C@@H]3OP(=O)(O)OCCN)[C@H](O)[C@H]2N)[C@H]1OC(=O)CCCCCCCCCCCCCCC. The fraction of sp³-hybridized carbons (Fsp3) is 0.969. The van der Waals surface area contributed by atoms with Gasteiger partial charge in [-0.05, 0) is 26.2 Å². The maximum absolute atomic E-state index is 14.6. The Morgan fingerprint density at radius 1 is 0.336 bits per heavy atom. The second-order valence-corrected chi connectivity index (χ2v) is 45.8. The van der Waals surface area contributed by atoms with Crippen LogP contribution in [0.4, 0.5) is 0 Å². The quantitative estimate of drug-likeness (QED) is 0.0154. The highest BCUT2D eigenvalue weighted by atomic mass is 31.2. The van der Waals surface area contributed by atoms with E-state index < -0.39 is 280 Å². The Morgan fingerprint density at radius 2 is 0.685 bits per heavy atom. The normalized spacial score (nSPS) is 30.0. The summed E-state index contributed by atoms with van der Waals surface area (Å²) in [6.45, 7) is -0.439. The molecule has 149 heavy (non-hydrogen) atoms. The highest BCUT2D eigenvalue weighted by Crippen LogP contribution is 2.51. The first-order valence-electron chi connectivity index (χ1n) is 55.3. The Morgan fingerprint density at radius 3 is 1.13 bits per heavy atom. The molecule has 0 aromatic carbocycles. The summed E-state index contributed by atoms with van der Waals surface area (Å²) >= 11 is 0. The number of aliphatic hydroxyl groups excluding tert-OH is 12. The van der Waals surface area contributed by atoms with Crippen molar-refractivity contribution in [2.24, 2.45) is 22.9 Å². The molecule has 0 bridgehead atoms. The molecule has 880 valence electrons. The third-order valence-electron chi connectivity index (χ3n) is 27.2. The van der Waals surface area contributed by atoms with Crippen LogP contribution in [-0.4, -0.2) is 356 Å². The number of hydrogen-bond acceptors (Lipinski definition) is 42. The number of carbonyl (C=O) groups is 3. The summed E-state index contributed by atoms with van der Waals surface area (Å²) in [5.74, 6) is -2.31. The first-order chi connectivity index (χ1) is 71.3. The van der Waals surface area contributed by atoms with E-state index in [4.69, 9.17) is 111 Å². The summed E-state index contributed by atoms with van der Waals surface area (Å²) in [5.41, 5.74) is 23.2. The molecule has 4 saturated heterocycles. The minimum absolute atomic E-state index is 0.00723. The monoisotopic (exact) mass is 2230 g/mol. The van der Waals surface area contributed by atoms with Crippen LogP contribution in [-0.2, 0) is 121 Å². The molecule has 5 rings (SSSR count). The number of unbranched alkanes of at least 4 members (excludes halogenated alkanes) is 45. The third kappa shape index (κ3) is 54.7. The van der Waals surface area contributed by atoms with Gasteiger partial charge in [-0.2, -0.15) is 0 Å². The van der Waals surface area contributed by atoms with Crippen molar-refractivity contribution in [3.63, 3.8) is 0 Å². The van der Waals surface area contributed by atoms with E-state index in [2.05, 4.69) is 26.1 Å². The number of nitrogens with one attached hydrogen (secondary N) is 1. The number of hydrogen-bond donors (Lipinski definition) is 21. The number of amides is 1. The number of nitrogens with two attached hydrogens (primary N) is 4. The number of phosphoric ester groups is 4. The highest BCUT2D eigenvalue weighted by Gasteiger charge is 2.60. The zero-order valence-electron chi connectivity index (χ0n) is 88.6. The Bertz CT molecular complexity index is 3660. The van der Waals surface area contributed by atoms with Crippen molar-refractivity contribution in [1.29, 1.82) is 0 Å². The lowest BCUT2D eigenvalue weighted by Gasteiger charge is -2.49. The van der Waals surface area contributed by atoms with Gasteiger partial charge in [-0.25, -0.2) is 18.3 Å². The minimum atomic E-state index is -5.66. The molecule has 51 heteroatoms. The van der Waals surface area contributed by atoms with Crippen molar-refractivity contribution in [3.8, 4) is 0 Å². The molecule has 4 unspecified atom stereocenters. The summed E-state index contributed by atoms with van der Waals surface area (Å²) < 4.78 is 161. The van der Waals surface area contributed by atoms with Crippen molar-refractivity contribution >= 4 is 49.1 Å². The van der Waals surface area contributed by atoms with Crippen LogP contribution in [0.3, 0.4) is 0 Å². The molecule has 1 saturated carbocycles. The van der Waals surface area contributed by atoms with Crippen LogP contribution in [0, 0.1) is 0 Å². The average Bonchev–Trinajstić information content (AvgIpc) is 0.752. The third-order valence-corrected chi connectivity index (χ3v) is 31.2. The molecule has 47 nitrogen and oxygen atoms in total. The van der Waals surface area contributed by atoms with Gasteiger partial charge in [-0.15, -0.1) is 0 Å². The highest BCUT2D eigenvalue weighted by molar-refractivity contribution is 7.48. The molecule has 4 aliphatic heterocycles. The van der Waals surface area contributed by atoms with Gasteiger partial charge < -0.3 is 161 Å². The largest absolute Gasteiger partial charge is 0.472 e. The summed E-state index contributed by atoms with van der Waals surface area (Å²) in [6.07, 6.45) is -5.45. The second kappa shape index (κ2) is 78.2. The molecule has 32 atom stereocenters. The van der Waals surface area contributed by atoms with Crippen LogP contribution in [0.2, 0.25) is 0 Å². The number of phosphoric acid groups is 4. The van der Waals surface area contributed by atoms with E-state index in [-0.39, 0.29) is 45.6 Å². The molecule has 0 radical (unpaired) electrons. The Balaban J connectivity index is 1.39. The predicted molar refractivity (Wildman–Crippen MR) is 544 cm³/mol. The van der Waals surface area contributed by atoms with Gasteiger partial charge in [0, 0.05) is 39.1 Å². The molecule has 0 aromatic heterocycles. The van der Waals surface area contributed by atoms with Crippen LogP contribution in [0.5, 0.6) is 0 Å². The van der Waals surface area contributed by atoms with E-state index in [1.54, 1.807) is 0 Å². The molecular weight excluding hydrogens is 2040 g/mol. The maximum Gasteiger partial charge on any atom is 0.472 e. The smallest absolute Gasteiger partial charge is 0.457 e. The number of esters is 2. The molecule has 5 aliphatic rings. The topological polar surface area (TPSA) is 735 Å². The summed E-state index contributed by atoms with van der Waals surface area (Å²) in [7, 11) is -21.3. The van der Waals surface area contributed by atoms with Gasteiger partial charge in [0.05, 0.1) is 71.5 Å². The van der Waals surface area contributed by atoms with Gasteiger partial charge in [0.25, 0.3) is 0 Å². The Hall–Kier alpha value is -2.15. The summed E-state index contributed by atoms with van der Waals surface area (Å²) in [4.78, 5) is 83.6. The van der Waals surface area contributed by atoms with Gasteiger partial charge in [-0.1, -0.05) is 310 Å². The standard InChI is InChI=1S/C98H191N5O42P4/c1-5-8-11-14-17-20-23-26-28-30-31-32-33-36-39-41-44-47-50-53-74(105)135-69(63-127-58-52-49-46-43-40-37-34-29-27-24-21-18-15-12-9-6-2)64-132-149(125,126)144-90-86(116)82(112)85(115)89(93(90)140-75(106)54-51-48-45-42-38-35-25-22-19-16-13-10-7-3)142-95-76(102)80(110)88(70(62-104)136-95)141-98-92(145-148(123,124)130-60-56-100)84(114)78(108)71(139-98)65-128-97-91(83(113)79(109)73(138-97)67-133-146(119,120)129-59-55-99)143-96-87(117)81(111)77(107)72(137-96)66-134-147(121,122)131-61-57-103-94(118)68(4)101/h68-73,76-93,95-98,104,107-117H,5-67,99-102H2,1-4H3,(H,103,118)(H,119,120)(H,121,122)(H,123,124)(H,125,126)/t68-,69+,70+,71+,72+,73+,76+,77+,78+,79+,80+,81-,82+,83-,84-,85+,86-,87-,88+,89-,90-,91-,92-,93+,95+,96+,97-,98+/m0/s1. The lowest BCUT2D eigenvalue weighted by molar-refractivity contribution is -0.376. The lowest BCUT2D eigenvalue weighted by Crippen LogP contribution is -2.70. The predicted octanol–water partition coefficient (Wildman–Crippen LogP) is 8.42. The van der Waals surface area contributed by atoms with E-state index in [1.807, 2.05) is 0 Å². The van der Waals surface area contributed by atoms with Crippen LogP contribution >= 0.6 is 31.3 Å². The first kappa shape index (κ1) is 137. The van der Waals surface area contributed by atoms with Gasteiger partial charge in [0.1, 0.15) is 128 Å². The van der Waals surface area contributed by atoms with E-state index >= 15 is 0 Å². The Labute approximate surface area is 881 Å². The molecule has 1 aliphatic carbocycles. The van der Waals surface area contributed by atoms with Crippen LogP contribution in [0.1, 0.15) is 349 Å². The van der Waals surface area contributed by atoms with Crippen LogP contribution in [0.15, 0.2) is 0 Å². The molecule has 0 spiro atoms. The van der Waals surface area contributed by atoms with E-state index in [0.717, 1.165) is 116 Å². The number of aliphatic hydroxyl groups is 12. The summed E-state index contributed by atoms with van der Waals surface area (Å²) in [6, 6.07) is -3.00. The zero-order chi connectivity index (χ0) is 110. The average molecular weight is 2240 g/mol. The molecule has 0 aromatic rings. The van der Waals surface area contributed by atoms with Crippen molar-refractivity contribution in [1.82, 2.24) is 5.32 Å². The zero-order valence-corrected chi connectivity index (χ0v) is 92.2. The number of rotatable bonds is 89. The minimum Gasteiger partial charge on any atom is -0.457 e. The molecule has 4 heterocycles. The Kier molecular flexibility index (Phi) is 72.0. The van der Waals surface area contributed by atoms with Gasteiger partial charge in [0.15, 0.2) is 31.3 Å². The van der Waals surface area contributed by atoms with Crippen molar-refractivity contribution in [2.45, 2.75) is 520 Å². The molecule has 1 amide bonds. The van der Waals surface area contributed by atoms with Crippen molar-refractivity contribution in [2.75, 3.05) is 85.7 Å². The van der Waals surface area contributed by atoms with Crippen LogP contribution < -0.4 is 28.3 Å². The maximum atomic E-state index is 14.6. The van der Waals surface area contributed by atoms with E-state index in [0.29, 0.717) is 19.3 Å². The summed E-state index contributed by atoms with van der Waals surface area (Å²) in [5, 5.41) is 142. The fourth-order valence-electron chi connectivity index (χ4n) is 18.3. The van der Waals surface area contributed by atoms with Gasteiger partial charge >= 0.3 is 43.2 Å². The van der Waals surface area contributed by atoms with Crippen LogP contribution in [0.25, 0.3) is 0 Å². The fourth-order valence-corrected chi connectivity index (χ4v) is 21.7. The molecule has 25 N–H and O–H groups in total. The second-order valence-electron chi connectivity index (χ2n) is 40.1. The van der Waals surface area contributed by atoms with Gasteiger partial charge in [0.2, 0.25) is 5.91 Å². The van der Waals surface area contributed by atoms with Gasteiger partial charge in [-0.3, -0.25) is 50.6 Å². The molecular formula is C98H191N5O42P4. The van der Waals surface area contributed by atoms with E-state index in [1.165, 1.54) is 174 Å². The first-order valence-corrected chi connectivity index (χ1v) is 61.3. The number of ether oxygens (including phenoxy) is 11. The number of carbonyl (C=O) groups excluding carboxylic acids is 3. The van der Waals surface area contributed by atoms with E-state index in [9.17, 15) is 113 Å². The van der Waals surface area contributed by atoms with Crippen molar-refractivity contribution in [3.05, 3.63) is 0 Å². The van der Waals surface area contributed by atoms with Crippen molar-refractivity contribution < 1.29 is 202 Å². The molecule has 5 fully saturated rings.